The van der Waals surface area contributed by atoms with Gasteiger partial charge in [-0.1, -0.05) is 0 Å². The number of nitrogens with zero attached hydrogens (tertiary/aromatic N) is 2. The number of benzene rings is 1. The molecule has 2 aromatic rings. The maximum Gasteiger partial charge on any atom is 0.328 e. The van der Waals surface area contributed by atoms with E-state index in [-0.39, 0.29) is 0 Å². The van der Waals surface area contributed by atoms with E-state index in [4.69, 9.17) is 5.11 Å². The highest BCUT2D eigenvalue weighted by atomic mass is 19.1. The molecule has 4 nitrogen and oxygen atoms in total. The summed E-state index contributed by atoms with van der Waals surface area (Å²) in [6.45, 7) is 0. The Labute approximate surface area is 96.7 Å². The first kappa shape index (κ1) is 11.1. The van der Waals surface area contributed by atoms with Crippen molar-refractivity contribution >= 4 is 12.0 Å². The second-order valence-electron chi connectivity index (χ2n) is 3.38. The van der Waals surface area contributed by atoms with E-state index in [9.17, 15) is 9.18 Å². The molecule has 0 bridgehead atoms. The average molecular weight is 232 g/mol. The Morgan fingerprint density at radius 3 is 2.88 bits per heavy atom. The van der Waals surface area contributed by atoms with E-state index in [0.717, 1.165) is 6.08 Å². The Kier molecular flexibility index (Phi) is 3.00. The van der Waals surface area contributed by atoms with E-state index < -0.39 is 11.8 Å². The first-order valence-electron chi connectivity index (χ1n) is 4.85. The predicted octanol–water partition coefficient (Wildman–Crippen LogP) is 2.11. The second-order valence-corrected chi connectivity index (χ2v) is 3.38. The van der Waals surface area contributed by atoms with Gasteiger partial charge in [0.2, 0.25) is 0 Å². The van der Waals surface area contributed by atoms with Crippen LogP contribution < -0.4 is 0 Å². The molecule has 0 radical (unpaired) electrons. The Morgan fingerprint density at radius 2 is 2.24 bits per heavy atom. The summed E-state index contributed by atoms with van der Waals surface area (Å²) < 4.78 is 15.0. The summed E-state index contributed by atoms with van der Waals surface area (Å²) in [4.78, 5) is 14.2. The largest absolute Gasteiger partial charge is 0.478 e. The molecule has 1 aromatic carbocycles. The van der Waals surface area contributed by atoms with Crippen LogP contribution in [-0.2, 0) is 4.79 Å². The molecule has 0 spiro atoms. The minimum absolute atomic E-state index is 0.429. The normalized spacial score (nSPS) is 10.9. The summed E-state index contributed by atoms with van der Waals surface area (Å²) in [6.07, 6.45) is 7.11. The molecular weight excluding hydrogens is 223 g/mol. The lowest BCUT2D eigenvalue weighted by Crippen LogP contribution is -1.93. The molecule has 17 heavy (non-hydrogen) atoms. The van der Waals surface area contributed by atoms with Crippen LogP contribution in [0.1, 0.15) is 5.56 Å². The van der Waals surface area contributed by atoms with Crippen molar-refractivity contribution in [1.29, 1.82) is 0 Å². The summed E-state index contributed by atoms with van der Waals surface area (Å²) in [5.74, 6) is -1.50. The minimum atomic E-state index is -1.07. The molecule has 1 aromatic heterocycles. The summed E-state index contributed by atoms with van der Waals surface area (Å²) in [5, 5.41) is 8.50. The fourth-order valence-corrected chi connectivity index (χ4v) is 1.42. The zero-order chi connectivity index (χ0) is 12.3. The van der Waals surface area contributed by atoms with Crippen LogP contribution in [0.2, 0.25) is 0 Å². The van der Waals surface area contributed by atoms with Gasteiger partial charge < -0.3 is 9.67 Å². The van der Waals surface area contributed by atoms with Gasteiger partial charge in [-0.2, -0.15) is 0 Å². The van der Waals surface area contributed by atoms with Gasteiger partial charge in [-0.25, -0.2) is 14.2 Å². The highest BCUT2D eigenvalue weighted by Crippen LogP contribution is 2.14. The number of carbonyl (C=O) groups is 1. The van der Waals surface area contributed by atoms with Gasteiger partial charge >= 0.3 is 5.97 Å². The Bertz CT molecular complexity index is 562. The molecular formula is C12H9FN2O2. The summed E-state index contributed by atoms with van der Waals surface area (Å²) in [6, 6.07) is 4.28. The van der Waals surface area contributed by atoms with Crippen molar-refractivity contribution in [2.45, 2.75) is 0 Å². The molecule has 86 valence electrons. The van der Waals surface area contributed by atoms with Crippen molar-refractivity contribution in [3.8, 4) is 5.69 Å². The lowest BCUT2D eigenvalue weighted by molar-refractivity contribution is -0.131. The second kappa shape index (κ2) is 4.61. The van der Waals surface area contributed by atoms with Gasteiger partial charge in [0.25, 0.3) is 0 Å². The van der Waals surface area contributed by atoms with Gasteiger partial charge in [0, 0.05) is 24.2 Å². The lowest BCUT2D eigenvalue weighted by Gasteiger charge is -2.03. The third-order valence-electron chi connectivity index (χ3n) is 2.13. The van der Waals surface area contributed by atoms with Crippen molar-refractivity contribution in [2.24, 2.45) is 0 Å². The smallest absolute Gasteiger partial charge is 0.328 e. The van der Waals surface area contributed by atoms with Gasteiger partial charge in [-0.05, 0) is 29.8 Å². The summed E-state index contributed by atoms with van der Waals surface area (Å²) >= 11 is 0. The van der Waals surface area contributed by atoms with Crippen LogP contribution in [0.3, 0.4) is 0 Å². The van der Waals surface area contributed by atoms with Crippen molar-refractivity contribution in [1.82, 2.24) is 9.55 Å². The zero-order valence-corrected chi connectivity index (χ0v) is 8.75. The zero-order valence-electron chi connectivity index (χ0n) is 8.75. The van der Waals surface area contributed by atoms with Gasteiger partial charge in [0.15, 0.2) is 0 Å². The molecule has 5 heteroatoms. The number of aliphatic carboxylic acids is 1. The van der Waals surface area contributed by atoms with Gasteiger partial charge in [0.05, 0.1) is 6.33 Å². The number of carboxylic acid groups (broad SMARTS) is 1. The molecule has 0 amide bonds. The maximum atomic E-state index is 13.3. The van der Waals surface area contributed by atoms with Crippen LogP contribution in [-0.4, -0.2) is 20.6 Å². The number of carboxylic acids is 1. The molecule has 0 atom stereocenters. The Hall–Kier alpha value is -2.43. The topological polar surface area (TPSA) is 55.1 Å². The molecule has 0 aliphatic heterocycles. The van der Waals surface area contributed by atoms with Crippen LogP contribution >= 0.6 is 0 Å². The minimum Gasteiger partial charge on any atom is -0.478 e. The molecule has 0 aliphatic carbocycles. The maximum absolute atomic E-state index is 13.3. The molecule has 1 heterocycles. The highest BCUT2D eigenvalue weighted by Gasteiger charge is 2.01. The first-order valence-corrected chi connectivity index (χ1v) is 4.85. The number of hydrogen-bond donors (Lipinski definition) is 1. The average Bonchev–Trinajstić information content (AvgIpc) is 2.79. The number of halogens is 1. The van der Waals surface area contributed by atoms with Crippen molar-refractivity contribution in [2.75, 3.05) is 0 Å². The highest BCUT2D eigenvalue weighted by molar-refractivity contribution is 5.85. The SMILES string of the molecule is O=C(O)/C=C/c1cc(F)cc(-n2ccnc2)c1. The van der Waals surface area contributed by atoms with Crippen molar-refractivity contribution < 1.29 is 14.3 Å². The van der Waals surface area contributed by atoms with E-state index in [1.54, 1.807) is 29.4 Å². The lowest BCUT2D eigenvalue weighted by atomic mass is 10.2. The van der Waals surface area contributed by atoms with E-state index in [0.29, 0.717) is 11.3 Å². The summed E-state index contributed by atoms with van der Waals surface area (Å²) in [5.41, 5.74) is 1.07. The Morgan fingerprint density at radius 1 is 1.41 bits per heavy atom. The molecule has 0 fully saturated rings. The number of rotatable bonds is 3. The molecule has 2 rings (SSSR count). The van der Waals surface area contributed by atoms with Crippen LogP contribution in [0.25, 0.3) is 11.8 Å². The fraction of sp³-hybridized carbons (Fsp3) is 0. The van der Waals surface area contributed by atoms with E-state index in [1.807, 2.05) is 0 Å². The quantitative estimate of drug-likeness (QED) is 0.824. The van der Waals surface area contributed by atoms with Crippen LogP contribution in [0, 0.1) is 5.82 Å². The first-order chi connectivity index (χ1) is 8.15. The fourth-order valence-electron chi connectivity index (χ4n) is 1.42. The van der Waals surface area contributed by atoms with Gasteiger partial charge in [0.1, 0.15) is 5.82 Å². The Balaban J connectivity index is 2.39. The molecule has 0 unspecified atom stereocenters. The molecule has 0 saturated carbocycles. The molecule has 0 aliphatic rings. The van der Waals surface area contributed by atoms with Gasteiger partial charge in [-0.15, -0.1) is 0 Å². The van der Waals surface area contributed by atoms with E-state index in [1.165, 1.54) is 18.2 Å². The van der Waals surface area contributed by atoms with Crippen LogP contribution in [0.4, 0.5) is 4.39 Å². The van der Waals surface area contributed by atoms with Crippen molar-refractivity contribution in [3.05, 3.63) is 54.4 Å². The number of aromatic nitrogens is 2. The van der Waals surface area contributed by atoms with Crippen LogP contribution in [0.15, 0.2) is 43.0 Å². The third-order valence-corrected chi connectivity index (χ3v) is 2.13. The monoisotopic (exact) mass is 232 g/mol. The van der Waals surface area contributed by atoms with E-state index in [2.05, 4.69) is 4.98 Å². The molecule has 1 N–H and O–H groups in total. The summed E-state index contributed by atoms with van der Waals surface area (Å²) in [7, 11) is 0. The third kappa shape index (κ3) is 2.78. The number of hydrogen-bond acceptors (Lipinski definition) is 2. The predicted molar refractivity (Wildman–Crippen MR) is 60.2 cm³/mol. The number of imidazole rings is 1. The van der Waals surface area contributed by atoms with Crippen molar-refractivity contribution in [3.63, 3.8) is 0 Å². The van der Waals surface area contributed by atoms with Gasteiger partial charge in [-0.3, -0.25) is 0 Å². The molecule has 0 saturated heterocycles. The standard InChI is InChI=1S/C12H9FN2O2/c13-10-5-9(1-2-12(16)17)6-11(7-10)15-4-3-14-8-15/h1-8H,(H,16,17)/b2-1+. The van der Waals surface area contributed by atoms with E-state index >= 15 is 0 Å². The van der Waals surface area contributed by atoms with Crippen LogP contribution in [0.5, 0.6) is 0 Å².